The second-order valence-corrected chi connectivity index (χ2v) is 6.84. The van der Waals surface area contributed by atoms with Gasteiger partial charge in [0.1, 0.15) is 5.82 Å². The lowest BCUT2D eigenvalue weighted by atomic mass is 9.92. The van der Waals surface area contributed by atoms with Crippen LogP contribution in [0.5, 0.6) is 0 Å². The Morgan fingerprint density at radius 3 is 2.48 bits per heavy atom. The van der Waals surface area contributed by atoms with Crippen molar-refractivity contribution >= 4 is 11.8 Å². The highest BCUT2D eigenvalue weighted by atomic mass is 15.3. The molecule has 2 aliphatic rings. The molecule has 2 aliphatic heterocycles. The molecule has 5 nitrogen and oxygen atoms in total. The molecule has 0 unspecified atom stereocenters. The summed E-state index contributed by atoms with van der Waals surface area (Å²) in [7, 11) is 0. The first kappa shape index (κ1) is 14.6. The maximum Gasteiger partial charge on any atom is 0.227 e. The van der Waals surface area contributed by atoms with Crippen molar-refractivity contribution in [3.63, 3.8) is 0 Å². The van der Waals surface area contributed by atoms with Crippen molar-refractivity contribution in [3.8, 4) is 0 Å². The van der Waals surface area contributed by atoms with Crippen LogP contribution < -0.4 is 15.5 Å². The third-order valence-corrected chi connectivity index (χ3v) is 4.81. The quantitative estimate of drug-likeness (QED) is 0.919. The summed E-state index contributed by atoms with van der Waals surface area (Å²) in [5.41, 5.74) is 7.36. The van der Waals surface area contributed by atoms with Gasteiger partial charge in [0.2, 0.25) is 5.95 Å². The van der Waals surface area contributed by atoms with Crippen molar-refractivity contribution in [2.24, 2.45) is 17.6 Å². The number of rotatable bonds is 3. The molecule has 2 fully saturated rings. The Morgan fingerprint density at radius 1 is 1.14 bits per heavy atom. The van der Waals surface area contributed by atoms with E-state index in [2.05, 4.69) is 41.6 Å². The van der Waals surface area contributed by atoms with E-state index in [9.17, 15) is 0 Å². The van der Waals surface area contributed by atoms with Crippen molar-refractivity contribution in [1.82, 2.24) is 9.97 Å². The van der Waals surface area contributed by atoms with Crippen molar-refractivity contribution in [2.45, 2.75) is 39.7 Å². The zero-order valence-electron chi connectivity index (χ0n) is 13.4. The Hall–Kier alpha value is -1.36. The standard InChI is InChI=1S/C16H27N5/c1-11(2)13-9-21(10-14(13)17)15-8-12(3)18-16(19-15)20-6-4-5-7-20/h8,11,13-14H,4-7,9-10,17H2,1-3H3/t13-,14+/m1/s1. The van der Waals surface area contributed by atoms with Gasteiger partial charge in [0.25, 0.3) is 0 Å². The molecule has 2 saturated heterocycles. The van der Waals surface area contributed by atoms with Gasteiger partial charge in [-0.25, -0.2) is 4.98 Å². The van der Waals surface area contributed by atoms with Gasteiger partial charge in [-0.3, -0.25) is 0 Å². The van der Waals surface area contributed by atoms with E-state index in [1.165, 1.54) is 12.8 Å². The Bertz CT molecular complexity index is 495. The fraction of sp³-hybridized carbons (Fsp3) is 0.750. The highest BCUT2D eigenvalue weighted by Crippen LogP contribution is 2.28. The van der Waals surface area contributed by atoms with Gasteiger partial charge >= 0.3 is 0 Å². The van der Waals surface area contributed by atoms with Crippen LogP contribution in [0.15, 0.2) is 6.07 Å². The van der Waals surface area contributed by atoms with E-state index in [1.54, 1.807) is 0 Å². The summed E-state index contributed by atoms with van der Waals surface area (Å²) in [4.78, 5) is 14.1. The number of aromatic nitrogens is 2. The number of nitrogens with two attached hydrogens (primary N) is 1. The molecule has 2 N–H and O–H groups in total. The zero-order valence-corrected chi connectivity index (χ0v) is 13.4. The van der Waals surface area contributed by atoms with Crippen LogP contribution in [-0.2, 0) is 0 Å². The molecule has 0 bridgehead atoms. The maximum absolute atomic E-state index is 6.31. The second kappa shape index (κ2) is 5.79. The van der Waals surface area contributed by atoms with Crippen molar-refractivity contribution in [1.29, 1.82) is 0 Å². The van der Waals surface area contributed by atoms with Crippen LogP contribution in [0.25, 0.3) is 0 Å². The molecular weight excluding hydrogens is 262 g/mol. The van der Waals surface area contributed by atoms with E-state index in [4.69, 9.17) is 10.7 Å². The Balaban J connectivity index is 1.82. The summed E-state index contributed by atoms with van der Waals surface area (Å²) in [6.07, 6.45) is 2.49. The SMILES string of the molecule is Cc1cc(N2C[C@H](C(C)C)[C@@H](N)C2)nc(N2CCCC2)n1. The highest BCUT2D eigenvalue weighted by Gasteiger charge is 2.33. The molecule has 21 heavy (non-hydrogen) atoms. The first-order chi connectivity index (χ1) is 10.0. The van der Waals surface area contributed by atoms with E-state index in [0.717, 1.165) is 43.6 Å². The molecule has 0 spiro atoms. The fourth-order valence-corrected chi connectivity index (χ4v) is 3.50. The van der Waals surface area contributed by atoms with E-state index in [1.807, 2.05) is 0 Å². The minimum atomic E-state index is 0.246. The largest absolute Gasteiger partial charge is 0.355 e. The van der Waals surface area contributed by atoms with Crippen LogP contribution in [-0.4, -0.2) is 42.2 Å². The van der Waals surface area contributed by atoms with Crippen LogP contribution in [0, 0.1) is 18.8 Å². The summed E-state index contributed by atoms with van der Waals surface area (Å²) < 4.78 is 0. The van der Waals surface area contributed by atoms with Crippen LogP contribution in [0.3, 0.4) is 0 Å². The lowest BCUT2D eigenvalue weighted by Crippen LogP contribution is -2.32. The number of hydrogen-bond donors (Lipinski definition) is 1. The summed E-state index contributed by atoms with van der Waals surface area (Å²) in [6.45, 7) is 10.6. The molecule has 0 amide bonds. The van der Waals surface area contributed by atoms with E-state index in [-0.39, 0.29) is 6.04 Å². The highest BCUT2D eigenvalue weighted by molar-refractivity contribution is 5.47. The molecule has 5 heteroatoms. The molecule has 0 aromatic carbocycles. The van der Waals surface area contributed by atoms with E-state index < -0.39 is 0 Å². The number of aryl methyl sites for hydroxylation is 1. The van der Waals surface area contributed by atoms with Crippen LogP contribution in [0.1, 0.15) is 32.4 Å². The summed E-state index contributed by atoms with van der Waals surface area (Å²) in [6, 6.07) is 2.34. The van der Waals surface area contributed by atoms with E-state index in [0.29, 0.717) is 11.8 Å². The summed E-state index contributed by atoms with van der Waals surface area (Å²) >= 11 is 0. The molecule has 1 aromatic rings. The maximum atomic E-state index is 6.31. The topological polar surface area (TPSA) is 58.3 Å². The van der Waals surface area contributed by atoms with Gasteiger partial charge in [0.05, 0.1) is 0 Å². The molecule has 3 heterocycles. The predicted octanol–water partition coefficient (Wildman–Crippen LogP) is 1.80. The van der Waals surface area contributed by atoms with Gasteiger partial charge in [-0.15, -0.1) is 0 Å². The fourth-order valence-electron chi connectivity index (χ4n) is 3.50. The van der Waals surface area contributed by atoms with Gasteiger partial charge in [0.15, 0.2) is 0 Å². The third kappa shape index (κ3) is 2.98. The molecule has 1 aromatic heterocycles. The first-order valence-electron chi connectivity index (χ1n) is 8.16. The lowest BCUT2D eigenvalue weighted by Gasteiger charge is -2.22. The number of nitrogens with zero attached hydrogens (tertiary/aromatic N) is 4. The predicted molar refractivity (Wildman–Crippen MR) is 86.7 cm³/mol. The monoisotopic (exact) mass is 289 g/mol. The Labute approximate surface area is 127 Å². The number of anilines is 2. The molecule has 0 aliphatic carbocycles. The number of hydrogen-bond acceptors (Lipinski definition) is 5. The van der Waals surface area contributed by atoms with Crippen LogP contribution in [0.4, 0.5) is 11.8 Å². The minimum Gasteiger partial charge on any atom is -0.355 e. The van der Waals surface area contributed by atoms with Crippen LogP contribution in [0.2, 0.25) is 0 Å². The van der Waals surface area contributed by atoms with Crippen molar-refractivity contribution < 1.29 is 0 Å². The molecule has 0 saturated carbocycles. The van der Waals surface area contributed by atoms with Crippen LogP contribution >= 0.6 is 0 Å². The van der Waals surface area contributed by atoms with Gasteiger partial charge in [0, 0.05) is 44.0 Å². The van der Waals surface area contributed by atoms with E-state index >= 15 is 0 Å². The van der Waals surface area contributed by atoms with Gasteiger partial charge in [-0.2, -0.15) is 4.98 Å². The Kier molecular flexibility index (Phi) is 4.02. The average Bonchev–Trinajstić information content (AvgIpc) is 3.06. The zero-order chi connectivity index (χ0) is 15.0. The molecule has 3 rings (SSSR count). The van der Waals surface area contributed by atoms with Gasteiger partial charge in [-0.1, -0.05) is 13.8 Å². The second-order valence-electron chi connectivity index (χ2n) is 6.84. The average molecular weight is 289 g/mol. The molecule has 0 radical (unpaired) electrons. The Morgan fingerprint density at radius 2 is 1.86 bits per heavy atom. The third-order valence-electron chi connectivity index (χ3n) is 4.81. The van der Waals surface area contributed by atoms with Crippen molar-refractivity contribution in [2.75, 3.05) is 36.0 Å². The normalized spacial score (nSPS) is 26.1. The molecule has 116 valence electrons. The molecule has 2 atom stereocenters. The molecular formula is C16H27N5. The summed E-state index contributed by atoms with van der Waals surface area (Å²) in [5.74, 6) is 3.11. The van der Waals surface area contributed by atoms with Gasteiger partial charge < -0.3 is 15.5 Å². The first-order valence-corrected chi connectivity index (χ1v) is 8.16. The minimum absolute atomic E-state index is 0.246. The van der Waals surface area contributed by atoms with Crippen molar-refractivity contribution in [3.05, 3.63) is 11.8 Å². The lowest BCUT2D eigenvalue weighted by molar-refractivity contribution is 0.382. The summed E-state index contributed by atoms with van der Waals surface area (Å²) in [5, 5.41) is 0. The smallest absolute Gasteiger partial charge is 0.227 e. The van der Waals surface area contributed by atoms with Gasteiger partial charge in [-0.05, 0) is 31.6 Å².